The molecule has 2 rings (SSSR count). The van der Waals surface area contributed by atoms with E-state index in [1.54, 1.807) is 0 Å². The number of benzene rings is 1. The van der Waals surface area contributed by atoms with Crippen molar-refractivity contribution >= 4 is 11.6 Å². The predicted octanol–water partition coefficient (Wildman–Crippen LogP) is 3.94. The lowest BCUT2D eigenvalue weighted by atomic mass is 10.2. The van der Waals surface area contributed by atoms with Gasteiger partial charge in [0, 0.05) is 29.1 Å². The van der Waals surface area contributed by atoms with Gasteiger partial charge >= 0.3 is 0 Å². The Kier molecular flexibility index (Phi) is 4.45. The van der Waals surface area contributed by atoms with Crippen molar-refractivity contribution in [2.45, 2.75) is 26.8 Å². The molecule has 2 aromatic rings. The van der Waals surface area contributed by atoms with E-state index in [2.05, 4.69) is 47.3 Å². The van der Waals surface area contributed by atoms with E-state index in [1.807, 2.05) is 13.0 Å². The monoisotopic (exact) mass is 262 g/mol. The Labute approximate surface area is 114 Å². The Bertz CT molecular complexity index is 517. The summed E-state index contributed by atoms with van der Waals surface area (Å²) >= 11 is 6.18. The number of aryl methyl sites for hydroxylation is 1. The number of rotatable bonds is 5. The van der Waals surface area contributed by atoms with Gasteiger partial charge in [-0.1, -0.05) is 24.6 Å². The lowest BCUT2D eigenvalue weighted by Crippen LogP contribution is -2.16. The Morgan fingerprint density at radius 2 is 2.11 bits per heavy atom. The summed E-state index contributed by atoms with van der Waals surface area (Å²) in [4.78, 5) is 0. The first kappa shape index (κ1) is 13.2. The number of hydrogen-bond acceptors (Lipinski definition) is 1. The first-order chi connectivity index (χ1) is 8.72. The molecule has 0 spiro atoms. The SMILES string of the molecule is CCCNCc1cccn1-c1ccc(C)c(Cl)c1. The molecule has 0 aliphatic heterocycles. The van der Waals surface area contributed by atoms with Crippen LogP contribution in [0.1, 0.15) is 24.6 Å². The minimum Gasteiger partial charge on any atom is -0.320 e. The van der Waals surface area contributed by atoms with Crippen molar-refractivity contribution < 1.29 is 0 Å². The van der Waals surface area contributed by atoms with Crippen LogP contribution in [0.4, 0.5) is 0 Å². The van der Waals surface area contributed by atoms with Gasteiger partial charge in [0.15, 0.2) is 0 Å². The van der Waals surface area contributed by atoms with Gasteiger partial charge < -0.3 is 9.88 Å². The van der Waals surface area contributed by atoms with Crippen LogP contribution >= 0.6 is 11.6 Å². The summed E-state index contributed by atoms with van der Waals surface area (Å²) in [6.45, 7) is 6.11. The van der Waals surface area contributed by atoms with Crippen LogP contribution in [0.25, 0.3) is 5.69 Å². The van der Waals surface area contributed by atoms with E-state index in [9.17, 15) is 0 Å². The smallest absolute Gasteiger partial charge is 0.0467 e. The second-order valence-electron chi connectivity index (χ2n) is 4.48. The predicted molar refractivity (Wildman–Crippen MR) is 77.5 cm³/mol. The summed E-state index contributed by atoms with van der Waals surface area (Å²) in [7, 11) is 0. The van der Waals surface area contributed by atoms with Gasteiger partial charge in [-0.05, 0) is 49.7 Å². The molecule has 0 saturated carbocycles. The van der Waals surface area contributed by atoms with E-state index in [-0.39, 0.29) is 0 Å². The fourth-order valence-corrected chi connectivity index (χ4v) is 2.11. The molecule has 2 nitrogen and oxygen atoms in total. The molecule has 1 aromatic carbocycles. The molecule has 1 heterocycles. The van der Waals surface area contributed by atoms with Crippen LogP contribution in [-0.4, -0.2) is 11.1 Å². The van der Waals surface area contributed by atoms with E-state index in [1.165, 1.54) is 5.69 Å². The highest BCUT2D eigenvalue weighted by atomic mass is 35.5. The molecule has 1 aromatic heterocycles. The molecule has 0 amide bonds. The van der Waals surface area contributed by atoms with Crippen LogP contribution < -0.4 is 5.32 Å². The molecule has 0 aliphatic carbocycles. The fraction of sp³-hybridized carbons (Fsp3) is 0.333. The maximum absolute atomic E-state index is 6.18. The molecule has 96 valence electrons. The molecule has 0 radical (unpaired) electrons. The minimum atomic E-state index is 0.814. The van der Waals surface area contributed by atoms with Gasteiger partial charge in [-0.25, -0.2) is 0 Å². The Morgan fingerprint density at radius 3 is 2.83 bits per heavy atom. The van der Waals surface area contributed by atoms with E-state index in [4.69, 9.17) is 11.6 Å². The van der Waals surface area contributed by atoms with Crippen molar-refractivity contribution in [2.24, 2.45) is 0 Å². The van der Waals surface area contributed by atoms with Gasteiger partial charge in [-0.2, -0.15) is 0 Å². The third-order valence-corrected chi connectivity index (χ3v) is 3.41. The summed E-state index contributed by atoms with van der Waals surface area (Å²) in [5, 5.41) is 4.23. The normalized spacial score (nSPS) is 10.8. The number of hydrogen-bond donors (Lipinski definition) is 1. The average Bonchev–Trinajstić information content (AvgIpc) is 2.81. The molecule has 0 bridgehead atoms. The second kappa shape index (κ2) is 6.07. The van der Waals surface area contributed by atoms with Crippen LogP contribution in [0.15, 0.2) is 36.5 Å². The first-order valence-electron chi connectivity index (χ1n) is 6.36. The third kappa shape index (κ3) is 2.95. The van der Waals surface area contributed by atoms with Crippen LogP contribution in [0.2, 0.25) is 5.02 Å². The Balaban J connectivity index is 2.22. The van der Waals surface area contributed by atoms with Gasteiger partial charge in [0.1, 0.15) is 0 Å². The minimum absolute atomic E-state index is 0.814. The maximum Gasteiger partial charge on any atom is 0.0467 e. The quantitative estimate of drug-likeness (QED) is 0.808. The topological polar surface area (TPSA) is 17.0 Å². The van der Waals surface area contributed by atoms with Gasteiger partial charge in [-0.3, -0.25) is 0 Å². The lowest BCUT2D eigenvalue weighted by molar-refractivity contribution is 0.656. The van der Waals surface area contributed by atoms with Crippen molar-refractivity contribution in [2.75, 3.05) is 6.54 Å². The second-order valence-corrected chi connectivity index (χ2v) is 4.89. The first-order valence-corrected chi connectivity index (χ1v) is 6.73. The Hall–Kier alpha value is -1.25. The zero-order valence-electron chi connectivity index (χ0n) is 10.9. The maximum atomic E-state index is 6.18. The van der Waals surface area contributed by atoms with Crippen LogP contribution in [0.5, 0.6) is 0 Å². The van der Waals surface area contributed by atoms with Crippen molar-refractivity contribution in [1.82, 2.24) is 9.88 Å². The largest absolute Gasteiger partial charge is 0.320 e. The molecular weight excluding hydrogens is 244 g/mol. The summed E-state index contributed by atoms with van der Waals surface area (Å²) in [6.07, 6.45) is 3.22. The number of nitrogens with one attached hydrogen (secondary N) is 1. The van der Waals surface area contributed by atoms with Gasteiger partial charge in [0.2, 0.25) is 0 Å². The van der Waals surface area contributed by atoms with Gasteiger partial charge in [0.25, 0.3) is 0 Å². The molecule has 0 unspecified atom stereocenters. The third-order valence-electron chi connectivity index (χ3n) is 3.00. The number of nitrogens with zero attached hydrogens (tertiary/aromatic N) is 1. The summed E-state index contributed by atoms with van der Waals surface area (Å²) in [6, 6.07) is 10.4. The molecule has 0 fully saturated rings. The van der Waals surface area contributed by atoms with Crippen molar-refractivity contribution in [3.63, 3.8) is 0 Å². The van der Waals surface area contributed by atoms with Gasteiger partial charge in [0.05, 0.1) is 0 Å². The molecule has 1 N–H and O–H groups in total. The van der Waals surface area contributed by atoms with Gasteiger partial charge in [-0.15, -0.1) is 0 Å². The van der Waals surface area contributed by atoms with Crippen molar-refractivity contribution in [3.05, 3.63) is 52.8 Å². The summed E-state index contributed by atoms with van der Waals surface area (Å²) in [5.74, 6) is 0. The van der Waals surface area contributed by atoms with Crippen LogP contribution in [0, 0.1) is 6.92 Å². The molecule has 0 aliphatic rings. The zero-order valence-corrected chi connectivity index (χ0v) is 11.7. The lowest BCUT2D eigenvalue weighted by Gasteiger charge is -2.11. The van der Waals surface area contributed by atoms with E-state index >= 15 is 0 Å². The van der Waals surface area contributed by atoms with Crippen LogP contribution in [0.3, 0.4) is 0 Å². The molecule has 18 heavy (non-hydrogen) atoms. The van der Waals surface area contributed by atoms with E-state index in [0.717, 1.165) is 35.8 Å². The highest BCUT2D eigenvalue weighted by Crippen LogP contribution is 2.21. The van der Waals surface area contributed by atoms with E-state index in [0.29, 0.717) is 0 Å². The number of halogens is 1. The summed E-state index contributed by atoms with van der Waals surface area (Å²) < 4.78 is 2.17. The van der Waals surface area contributed by atoms with Crippen molar-refractivity contribution in [1.29, 1.82) is 0 Å². The molecular formula is C15H19ClN2. The summed E-state index contributed by atoms with van der Waals surface area (Å²) in [5.41, 5.74) is 3.48. The molecule has 0 saturated heterocycles. The average molecular weight is 263 g/mol. The highest BCUT2D eigenvalue weighted by molar-refractivity contribution is 6.31. The molecule has 3 heteroatoms. The highest BCUT2D eigenvalue weighted by Gasteiger charge is 2.04. The fourth-order valence-electron chi connectivity index (χ4n) is 1.94. The molecule has 0 atom stereocenters. The Morgan fingerprint density at radius 1 is 1.28 bits per heavy atom. The zero-order chi connectivity index (χ0) is 13.0. The van der Waals surface area contributed by atoms with E-state index < -0.39 is 0 Å². The van der Waals surface area contributed by atoms with Crippen LogP contribution in [-0.2, 0) is 6.54 Å². The van der Waals surface area contributed by atoms with Crippen molar-refractivity contribution in [3.8, 4) is 5.69 Å². The standard InChI is InChI=1S/C15H19ClN2/c1-3-8-17-11-14-5-4-9-18(14)13-7-6-12(2)15(16)10-13/h4-7,9-10,17H,3,8,11H2,1-2H3. The number of aromatic nitrogens is 1.